The zero-order valence-electron chi connectivity index (χ0n) is 9.97. The van der Waals surface area contributed by atoms with Gasteiger partial charge in [0.2, 0.25) is 0 Å². The maximum absolute atomic E-state index is 10.6. The second kappa shape index (κ2) is 4.18. The van der Waals surface area contributed by atoms with Crippen LogP contribution in [-0.4, -0.2) is 33.0 Å². The van der Waals surface area contributed by atoms with Gasteiger partial charge < -0.3 is 15.3 Å². The maximum Gasteiger partial charge on any atom is 0.328 e. The van der Waals surface area contributed by atoms with Gasteiger partial charge in [0, 0.05) is 6.08 Å². The van der Waals surface area contributed by atoms with Crippen molar-refractivity contribution in [3.05, 3.63) is 12.2 Å². The molecular weight excluding hydrogens is 208 g/mol. The van der Waals surface area contributed by atoms with Crippen molar-refractivity contribution in [1.29, 1.82) is 0 Å². The lowest BCUT2D eigenvalue weighted by Crippen LogP contribution is -2.54. The molecule has 1 aliphatic rings. The fourth-order valence-electron chi connectivity index (χ4n) is 2.68. The molecular formula is C12H20O4. The third-order valence-corrected chi connectivity index (χ3v) is 3.69. The van der Waals surface area contributed by atoms with Gasteiger partial charge in [-0.25, -0.2) is 4.79 Å². The van der Waals surface area contributed by atoms with E-state index in [9.17, 15) is 15.0 Å². The molecule has 0 aromatic heterocycles. The number of hydrogen-bond acceptors (Lipinski definition) is 3. The van der Waals surface area contributed by atoms with Crippen LogP contribution in [0.2, 0.25) is 0 Å². The monoisotopic (exact) mass is 228 g/mol. The number of aliphatic carboxylic acids is 1. The molecule has 1 fully saturated rings. The minimum absolute atomic E-state index is 0.165. The Hall–Kier alpha value is -0.870. The summed E-state index contributed by atoms with van der Waals surface area (Å²) in [5.74, 6) is -1.23. The first-order valence-corrected chi connectivity index (χ1v) is 5.51. The van der Waals surface area contributed by atoms with Gasteiger partial charge in [-0.05, 0) is 30.3 Å². The molecule has 92 valence electrons. The van der Waals surface area contributed by atoms with Crippen LogP contribution < -0.4 is 0 Å². The Morgan fingerprint density at radius 3 is 2.44 bits per heavy atom. The summed E-state index contributed by atoms with van der Waals surface area (Å²) in [4.78, 5) is 10.5. The number of carbonyl (C=O) groups is 1. The van der Waals surface area contributed by atoms with Gasteiger partial charge in [0.1, 0.15) is 0 Å². The standard InChI is InChI=1S/C12H20O4/c1-8-6-9(13)7-11(2,3)12(8,16)5-4-10(14)15/h4-5,8-9,13,16H,6-7H2,1-3H3,(H,14,15). The highest BCUT2D eigenvalue weighted by atomic mass is 16.4. The summed E-state index contributed by atoms with van der Waals surface area (Å²) in [5.41, 5.74) is -1.71. The highest BCUT2D eigenvalue weighted by Gasteiger charge is 2.50. The van der Waals surface area contributed by atoms with Crippen molar-refractivity contribution in [2.75, 3.05) is 0 Å². The van der Waals surface area contributed by atoms with E-state index in [-0.39, 0.29) is 5.92 Å². The second-order valence-electron chi connectivity index (χ2n) is 5.38. The number of rotatable bonds is 2. The van der Waals surface area contributed by atoms with E-state index < -0.39 is 23.1 Å². The van der Waals surface area contributed by atoms with E-state index in [2.05, 4.69) is 0 Å². The average molecular weight is 228 g/mol. The van der Waals surface area contributed by atoms with Gasteiger partial charge in [-0.1, -0.05) is 20.8 Å². The molecule has 4 nitrogen and oxygen atoms in total. The van der Waals surface area contributed by atoms with Crippen molar-refractivity contribution in [1.82, 2.24) is 0 Å². The van der Waals surface area contributed by atoms with Crippen LogP contribution in [0.1, 0.15) is 33.6 Å². The fourth-order valence-corrected chi connectivity index (χ4v) is 2.68. The zero-order chi connectivity index (χ0) is 12.6. The molecule has 0 amide bonds. The molecule has 0 heterocycles. The molecule has 0 bridgehead atoms. The predicted octanol–water partition coefficient (Wildman–Crippen LogP) is 1.18. The normalized spacial score (nSPS) is 38.8. The first kappa shape index (κ1) is 13.2. The summed E-state index contributed by atoms with van der Waals surface area (Å²) in [6.07, 6.45) is 2.87. The fraction of sp³-hybridized carbons (Fsp3) is 0.750. The SMILES string of the molecule is CC1CC(O)CC(C)(C)C1(O)C=CC(=O)O. The van der Waals surface area contributed by atoms with Gasteiger partial charge in [0.25, 0.3) is 0 Å². The molecule has 0 spiro atoms. The summed E-state index contributed by atoms with van der Waals surface area (Å²) in [6.45, 7) is 5.52. The zero-order valence-corrected chi connectivity index (χ0v) is 9.97. The van der Waals surface area contributed by atoms with Crippen molar-refractivity contribution in [2.45, 2.75) is 45.3 Å². The number of aliphatic hydroxyl groups excluding tert-OH is 1. The van der Waals surface area contributed by atoms with Crippen LogP contribution in [0, 0.1) is 11.3 Å². The van der Waals surface area contributed by atoms with Gasteiger partial charge in [-0.3, -0.25) is 0 Å². The number of hydrogen-bond donors (Lipinski definition) is 3. The molecule has 1 aliphatic carbocycles. The summed E-state index contributed by atoms with van der Waals surface area (Å²) in [7, 11) is 0. The molecule has 1 saturated carbocycles. The molecule has 3 unspecified atom stereocenters. The summed E-state index contributed by atoms with van der Waals surface area (Å²) < 4.78 is 0. The first-order chi connectivity index (χ1) is 7.19. The quantitative estimate of drug-likeness (QED) is 0.620. The van der Waals surface area contributed by atoms with Crippen LogP contribution in [0.5, 0.6) is 0 Å². The second-order valence-corrected chi connectivity index (χ2v) is 5.38. The minimum Gasteiger partial charge on any atom is -0.478 e. The van der Waals surface area contributed by atoms with E-state index in [0.717, 1.165) is 6.08 Å². The van der Waals surface area contributed by atoms with Crippen molar-refractivity contribution in [3.8, 4) is 0 Å². The number of carboxylic acids is 1. The number of aliphatic hydroxyl groups is 2. The highest BCUT2D eigenvalue weighted by Crippen LogP contribution is 2.47. The molecule has 4 heteroatoms. The van der Waals surface area contributed by atoms with Crippen molar-refractivity contribution >= 4 is 5.97 Å². The highest BCUT2D eigenvalue weighted by molar-refractivity contribution is 5.80. The lowest BCUT2D eigenvalue weighted by molar-refractivity contribution is -0.134. The third-order valence-electron chi connectivity index (χ3n) is 3.69. The largest absolute Gasteiger partial charge is 0.478 e. The molecule has 0 aromatic rings. The Balaban J connectivity index is 3.02. The maximum atomic E-state index is 10.6. The Bertz CT molecular complexity index is 308. The van der Waals surface area contributed by atoms with Crippen molar-refractivity contribution in [3.63, 3.8) is 0 Å². The molecule has 16 heavy (non-hydrogen) atoms. The molecule has 0 radical (unpaired) electrons. The van der Waals surface area contributed by atoms with E-state index >= 15 is 0 Å². The van der Waals surface area contributed by atoms with Crippen LogP contribution in [0.25, 0.3) is 0 Å². The van der Waals surface area contributed by atoms with E-state index in [1.807, 2.05) is 20.8 Å². The molecule has 0 aromatic carbocycles. The van der Waals surface area contributed by atoms with E-state index in [4.69, 9.17) is 5.11 Å². The van der Waals surface area contributed by atoms with Crippen molar-refractivity contribution < 1.29 is 20.1 Å². The Labute approximate surface area is 95.6 Å². The van der Waals surface area contributed by atoms with Crippen LogP contribution in [0.3, 0.4) is 0 Å². The van der Waals surface area contributed by atoms with E-state index in [1.54, 1.807) is 0 Å². The number of carboxylic acid groups (broad SMARTS) is 1. The van der Waals surface area contributed by atoms with E-state index in [1.165, 1.54) is 6.08 Å². The first-order valence-electron chi connectivity index (χ1n) is 5.51. The van der Waals surface area contributed by atoms with Crippen LogP contribution in [0.4, 0.5) is 0 Å². The summed E-state index contributed by atoms with van der Waals surface area (Å²) >= 11 is 0. The van der Waals surface area contributed by atoms with Gasteiger partial charge in [-0.2, -0.15) is 0 Å². The topological polar surface area (TPSA) is 77.8 Å². The molecule has 0 aliphatic heterocycles. The van der Waals surface area contributed by atoms with Crippen LogP contribution in [-0.2, 0) is 4.79 Å². The lowest BCUT2D eigenvalue weighted by atomic mass is 9.60. The van der Waals surface area contributed by atoms with Crippen LogP contribution in [0.15, 0.2) is 12.2 Å². The lowest BCUT2D eigenvalue weighted by Gasteiger charge is -2.50. The van der Waals surface area contributed by atoms with Crippen LogP contribution >= 0.6 is 0 Å². The predicted molar refractivity (Wildman–Crippen MR) is 59.9 cm³/mol. The summed E-state index contributed by atoms with van der Waals surface area (Å²) in [6, 6.07) is 0. The minimum atomic E-state index is -1.18. The Kier molecular flexibility index (Phi) is 3.45. The van der Waals surface area contributed by atoms with Crippen molar-refractivity contribution in [2.24, 2.45) is 11.3 Å². The summed E-state index contributed by atoms with van der Waals surface area (Å²) in [5, 5.41) is 28.9. The molecule has 3 N–H and O–H groups in total. The van der Waals surface area contributed by atoms with Gasteiger partial charge >= 0.3 is 5.97 Å². The van der Waals surface area contributed by atoms with E-state index in [0.29, 0.717) is 12.8 Å². The smallest absolute Gasteiger partial charge is 0.328 e. The third kappa shape index (κ3) is 2.28. The molecule has 0 saturated heterocycles. The van der Waals surface area contributed by atoms with Gasteiger partial charge in [-0.15, -0.1) is 0 Å². The Morgan fingerprint density at radius 1 is 1.44 bits per heavy atom. The molecule has 1 rings (SSSR count). The molecule has 3 atom stereocenters. The Morgan fingerprint density at radius 2 is 2.00 bits per heavy atom. The average Bonchev–Trinajstić information content (AvgIpc) is 2.10. The van der Waals surface area contributed by atoms with Gasteiger partial charge in [0.05, 0.1) is 11.7 Å². The van der Waals surface area contributed by atoms with Gasteiger partial charge in [0.15, 0.2) is 0 Å².